The molecule has 0 spiro atoms. The van der Waals surface area contributed by atoms with E-state index in [0.29, 0.717) is 12.3 Å². The highest BCUT2D eigenvalue weighted by atomic mass is 17.2. The fourth-order valence-electron chi connectivity index (χ4n) is 4.05. The molecule has 1 aliphatic rings. The summed E-state index contributed by atoms with van der Waals surface area (Å²) in [7, 11) is 0. The highest BCUT2D eigenvalue weighted by Gasteiger charge is 2.37. The highest BCUT2D eigenvalue weighted by molar-refractivity contribution is 5.70. The largest absolute Gasteiger partial charge is 0.481 e. The number of carboxylic acid groups (broad SMARTS) is 1. The fourth-order valence-corrected chi connectivity index (χ4v) is 4.05. The van der Waals surface area contributed by atoms with Crippen LogP contribution in [0.5, 0.6) is 0 Å². The monoisotopic (exact) mass is 428 g/mol. The number of rotatable bonds is 14. The third kappa shape index (κ3) is 9.90. The topological polar surface area (TPSA) is 85.2 Å². The number of hydrogen-bond donors (Lipinski definition) is 2. The van der Waals surface area contributed by atoms with Gasteiger partial charge in [0.05, 0.1) is 5.92 Å². The Hall–Kier alpha value is -0.950. The Kier molecular flexibility index (Phi) is 11.6. The minimum atomic E-state index is -0.847. The van der Waals surface area contributed by atoms with E-state index >= 15 is 0 Å². The normalized spacial score (nSPS) is 25.9. The Morgan fingerprint density at radius 1 is 1.27 bits per heavy atom. The number of hydrogen-bond acceptors (Lipinski definition) is 5. The molecule has 2 N–H and O–H groups in total. The first kappa shape index (κ1) is 27.1. The van der Waals surface area contributed by atoms with Crippen molar-refractivity contribution in [3.8, 4) is 0 Å². The van der Waals surface area contributed by atoms with E-state index in [2.05, 4.69) is 33.8 Å². The predicted octanol–water partition coefficient (Wildman–Crippen LogP) is 6.55. The van der Waals surface area contributed by atoms with Crippen LogP contribution in [0.4, 0.5) is 0 Å². The quantitative estimate of drug-likeness (QED) is 0.185. The lowest BCUT2D eigenvalue weighted by Crippen LogP contribution is -2.41. The Labute approximate surface area is 182 Å². The van der Waals surface area contributed by atoms with Crippen molar-refractivity contribution in [1.82, 2.24) is 0 Å². The zero-order valence-corrected chi connectivity index (χ0v) is 19.9. The molecule has 1 saturated heterocycles. The first-order chi connectivity index (χ1) is 14.0. The molecule has 176 valence electrons. The van der Waals surface area contributed by atoms with Crippen LogP contribution in [0.1, 0.15) is 106 Å². The highest BCUT2D eigenvalue weighted by Crippen LogP contribution is 2.34. The summed E-state index contributed by atoms with van der Waals surface area (Å²) in [4.78, 5) is 26.9. The minimum Gasteiger partial charge on any atom is -0.481 e. The molecule has 0 aromatic rings. The molecular weight excluding hydrogens is 384 g/mol. The lowest BCUT2D eigenvalue weighted by molar-refractivity contribution is -0.411. The summed E-state index contributed by atoms with van der Waals surface area (Å²) in [5.41, 5.74) is 0.482. The smallest absolute Gasteiger partial charge is 0.308 e. The molecule has 5 atom stereocenters. The number of allylic oxidation sites excluding steroid dienone is 2. The van der Waals surface area contributed by atoms with Gasteiger partial charge in [0, 0.05) is 0 Å². The van der Waals surface area contributed by atoms with E-state index < -0.39 is 17.5 Å². The van der Waals surface area contributed by atoms with Crippen LogP contribution in [0.15, 0.2) is 11.6 Å². The van der Waals surface area contributed by atoms with Gasteiger partial charge in [0.15, 0.2) is 0 Å². The molecular formula is C24H44O6. The third-order valence-electron chi connectivity index (χ3n) is 6.53. The van der Waals surface area contributed by atoms with Gasteiger partial charge in [-0.2, -0.15) is 0 Å². The van der Waals surface area contributed by atoms with Crippen molar-refractivity contribution >= 4 is 5.97 Å². The molecule has 0 saturated carbocycles. The lowest BCUT2D eigenvalue weighted by atomic mass is 9.86. The first-order valence-corrected chi connectivity index (χ1v) is 11.5. The van der Waals surface area contributed by atoms with Crippen molar-refractivity contribution in [3.05, 3.63) is 11.6 Å². The molecule has 6 heteroatoms. The maximum Gasteiger partial charge on any atom is 0.308 e. The van der Waals surface area contributed by atoms with E-state index in [4.69, 9.17) is 19.8 Å². The first-order valence-electron chi connectivity index (χ1n) is 11.5. The molecule has 0 aromatic heterocycles. The van der Waals surface area contributed by atoms with Crippen LogP contribution in [0.3, 0.4) is 0 Å². The van der Waals surface area contributed by atoms with Crippen molar-refractivity contribution in [3.63, 3.8) is 0 Å². The molecule has 0 bridgehead atoms. The van der Waals surface area contributed by atoms with Crippen molar-refractivity contribution in [2.45, 2.75) is 123 Å². The molecule has 1 rings (SSSR count). The van der Waals surface area contributed by atoms with Gasteiger partial charge < -0.3 is 5.11 Å². The summed E-state index contributed by atoms with van der Waals surface area (Å²) in [6, 6.07) is 0. The Morgan fingerprint density at radius 2 is 1.93 bits per heavy atom. The summed E-state index contributed by atoms with van der Waals surface area (Å²) < 4.78 is 0. The summed E-state index contributed by atoms with van der Waals surface area (Å²) in [5, 5.41) is 18.4. The number of aliphatic carboxylic acids is 1. The van der Waals surface area contributed by atoms with E-state index in [1.165, 1.54) is 5.57 Å². The summed E-state index contributed by atoms with van der Waals surface area (Å²) in [6.07, 6.45) is 11.1. The molecule has 0 radical (unpaired) electrons. The zero-order chi connectivity index (χ0) is 22.8. The SMILES string of the molecule is CC(C)=CCCC(C)(CCCC(C)CCCC1(C)CCC(C(C)C(=O)O)OO1)OO. The van der Waals surface area contributed by atoms with Gasteiger partial charge in [0.2, 0.25) is 0 Å². The van der Waals surface area contributed by atoms with Crippen LogP contribution in [-0.2, 0) is 19.5 Å². The summed E-state index contributed by atoms with van der Waals surface area (Å²) in [6.45, 7) is 12.1. The lowest BCUT2D eigenvalue weighted by Gasteiger charge is -2.37. The van der Waals surface area contributed by atoms with Crippen LogP contribution in [-0.4, -0.2) is 33.6 Å². The second-order valence-electron chi connectivity index (χ2n) is 10.1. The van der Waals surface area contributed by atoms with E-state index in [1.807, 2.05) is 6.92 Å². The van der Waals surface area contributed by atoms with Crippen LogP contribution >= 0.6 is 0 Å². The molecule has 30 heavy (non-hydrogen) atoms. The second kappa shape index (κ2) is 12.8. The second-order valence-corrected chi connectivity index (χ2v) is 10.1. The Bertz CT molecular complexity index is 534. The molecule has 0 aliphatic carbocycles. The predicted molar refractivity (Wildman–Crippen MR) is 118 cm³/mol. The van der Waals surface area contributed by atoms with Crippen molar-refractivity contribution in [1.29, 1.82) is 0 Å². The molecule has 6 nitrogen and oxygen atoms in total. The van der Waals surface area contributed by atoms with Gasteiger partial charge >= 0.3 is 5.97 Å². The maximum atomic E-state index is 11.1. The fraction of sp³-hybridized carbons (Fsp3) is 0.875. The van der Waals surface area contributed by atoms with E-state index in [-0.39, 0.29) is 11.7 Å². The molecule has 1 aliphatic heterocycles. The van der Waals surface area contributed by atoms with Gasteiger partial charge in [-0.15, -0.1) is 0 Å². The summed E-state index contributed by atoms with van der Waals surface area (Å²) in [5.74, 6) is -0.801. The standard InChI is InChI=1S/C24H44O6/c1-18(2)10-7-14-23(5,29-27)15-8-11-19(3)12-9-16-24(6)17-13-21(28-30-24)20(4)22(25)26/h10,19-21,27H,7-9,11-17H2,1-6H3,(H,25,26). The number of carboxylic acids is 1. The van der Waals surface area contributed by atoms with Crippen LogP contribution in [0.25, 0.3) is 0 Å². The summed E-state index contributed by atoms with van der Waals surface area (Å²) >= 11 is 0. The zero-order valence-electron chi connectivity index (χ0n) is 19.9. The minimum absolute atomic E-state index is 0.331. The Morgan fingerprint density at radius 3 is 2.47 bits per heavy atom. The van der Waals surface area contributed by atoms with E-state index in [9.17, 15) is 10.1 Å². The van der Waals surface area contributed by atoms with Crippen molar-refractivity contribution in [2.24, 2.45) is 11.8 Å². The van der Waals surface area contributed by atoms with Crippen LogP contribution in [0, 0.1) is 11.8 Å². The van der Waals surface area contributed by atoms with Gasteiger partial charge in [-0.05, 0) is 79.1 Å². The van der Waals surface area contributed by atoms with Crippen LogP contribution in [0.2, 0.25) is 0 Å². The third-order valence-corrected chi connectivity index (χ3v) is 6.53. The van der Waals surface area contributed by atoms with Crippen molar-refractivity contribution < 1.29 is 29.8 Å². The average Bonchev–Trinajstić information content (AvgIpc) is 2.67. The van der Waals surface area contributed by atoms with Gasteiger partial charge in [-0.25, -0.2) is 14.7 Å². The van der Waals surface area contributed by atoms with E-state index in [0.717, 1.165) is 57.8 Å². The molecule has 0 aromatic carbocycles. The maximum absolute atomic E-state index is 11.1. The molecule has 0 amide bonds. The molecule has 1 heterocycles. The molecule has 5 unspecified atom stereocenters. The van der Waals surface area contributed by atoms with Gasteiger partial charge in [-0.1, -0.05) is 44.3 Å². The average molecular weight is 429 g/mol. The van der Waals surface area contributed by atoms with Gasteiger partial charge in [0.25, 0.3) is 0 Å². The van der Waals surface area contributed by atoms with Gasteiger partial charge in [0.1, 0.15) is 17.3 Å². The van der Waals surface area contributed by atoms with Gasteiger partial charge in [-0.3, -0.25) is 10.1 Å². The van der Waals surface area contributed by atoms with Crippen LogP contribution < -0.4 is 0 Å². The van der Waals surface area contributed by atoms with Crippen molar-refractivity contribution in [2.75, 3.05) is 0 Å². The van der Waals surface area contributed by atoms with E-state index in [1.54, 1.807) is 6.92 Å². The Balaban J connectivity index is 2.26. The molecule has 1 fully saturated rings. The number of carbonyl (C=O) groups is 1.